The second kappa shape index (κ2) is 8.33. The molecule has 0 aliphatic heterocycles. The summed E-state index contributed by atoms with van der Waals surface area (Å²) < 4.78 is 0. The Bertz CT molecular complexity index is 340. The fourth-order valence-electron chi connectivity index (χ4n) is 3.10. The topological polar surface area (TPSA) is 23.6 Å². The van der Waals surface area contributed by atoms with Gasteiger partial charge in [0.25, 0.3) is 0 Å². The first-order chi connectivity index (χ1) is 9.82. The van der Waals surface area contributed by atoms with E-state index >= 15 is 0 Å². The van der Waals surface area contributed by atoms with E-state index in [4.69, 9.17) is 0 Å². The van der Waals surface area contributed by atoms with Crippen LogP contribution in [0.4, 0.5) is 0 Å². The number of carbonyl (C=O) groups is 1. The molecule has 132 valence electrons. The summed E-state index contributed by atoms with van der Waals surface area (Å²) in [7, 11) is 0. The second-order valence-electron chi connectivity index (χ2n) is 8.77. The molecular formula is C19H40N2O. The summed E-state index contributed by atoms with van der Waals surface area (Å²) in [6.45, 7) is 24.0. The lowest BCUT2D eigenvalue weighted by atomic mass is 9.93. The van der Waals surface area contributed by atoms with Gasteiger partial charge >= 0.3 is 0 Å². The van der Waals surface area contributed by atoms with Crippen molar-refractivity contribution in [3.05, 3.63) is 0 Å². The maximum atomic E-state index is 12.3. The third kappa shape index (κ3) is 6.68. The van der Waals surface area contributed by atoms with Crippen molar-refractivity contribution >= 4 is 5.91 Å². The fraction of sp³-hybridized carbons (Fsp3) is 0.947. The Hall–Kier alpha value is -0.570. The Morgan fingerprint density at radius 1 is 1.00 bits per heavy atom. The Morgan fingerprint density at radius 2 is 1.50 bits per heavy atom. The number of rotatable bonds is 8. The van der Waals surface area contributed by atoms with Gasteiger partial charge in [-0.05, 0) is 60.8 Å². The van der Waals surface area contributed by atoms with E-state index in [1.54, 1.807) is 0 Å². The highest BCUT2D eigenvalue weighted by Gasteiger charge is 2.32. The molecule has 22 heavy (non-hydrogen) atoms. The molecule has 0 aliphatic carbocycles. The summed E-state index contributed by atoms with van der Waals surface area (Å²) in [5.74, 6) is 0.904. The van der Waals surface area contributed by atoms with Crippen molar-refractivity contribution in [3.8, 4) is 0 Å². The molecule has 0 bridgehead atoms. The lowest BCUT2D eigenvalue weighted by Gasteiger charge is -2.45. The zero-order valence-corrected chi connectivity index (χ0v) is 16.8. The van der Waals surface area contributed by atoms with Crippen LogP contribution >= 0.6 is 0 Å². The highest BCUT2D eigenvalue weighted by Crippen LogP contribution is 2.25. The molecule has 0 aromatic heterocycles. The average molecular weight is 313 g/mol. The number of hydrogen-bond donors (Lipinski definition) is 0. The largest absolute Gasteiger partial charge is 0.338 e. The van der Waals surface area contributed by atoms with Gasteiger partial charge in [-0.2, -0.15) is 0 Å². The molecule has 0 aliphatic rings. The van der Waals surface area contributed by atoms with Crippen molar-refractivity contribution in [1.82, 2.24) is 9.80 Å². The van der Waals surface area contributed by atoms with E-state index in [1.807, 2.05) is 11.8 Å². The van der Waals surface area contributed by atoms with Crippen LogP contribution in [-0.2, 0) is 4.79 Å². The maximum absolute atomic E-state index is 12.3. The molecule has 0 fully saturated rings. The van der Waals surface area contributed by atoms with Gasteiger partial charge in [-0.25, -0.2) is 0 Å². The highest BCUT2D eigenvalue weighted by atomic mass is 16.2. The Morgan fingerprint density at radius 3 is 1.82 bits per heavy atom. The van der Waals surface area contributed by atoms with Crippen LogP contribution < -0.4 is 0 Å². The molecule has 0 N–H and O–H groups in total. The zero-order chi connectivity index (χ0) is 17.7. The van der Waals surface area contributed by atoms with Crippen LogP contribution in [0.5, 0.6) is 0 Å². The van der Waals surface area contributed by atoms with E-state index in [1.165, 1.54) is 0 Å². The summed E-state index contributed by atoms with van der Waals surface area (Å²) in [6, 6.07) is 0.516. The first-order valence-electron chi connectivity index (χ1n) is 8.90. The van der Waals surface area contributed by atoms with E-state index in [2.05, 4.69) is 67.2 Å². The summed E-state index contributed by atoms with van der Waals surface area (Å²) in [5, 5.41) is 0. The van der Waals surface area contributed by atoms with Crippen LogP contribution in [0.1, 0.15) is 82.1 Å². The minimum atomic E-state index is -0.107. The molecule has 3 nitrogen and oxygen atoms in total. The van der Waals surface area contributed by atoms with Gasteiger partial charge < -0.3 is 4.90 Å². The van der Waals surface area contributed by atoms with Crippen molar-refractivity contribution in [1.29, 1.82) is 0 Å². The number of amides is 1. The van der Waals surface area contributed by atoms with E-state index in [9.17, 15) is 4.79 Å². The highest BCUT2D eigenvalue weighted by molar-refractivity contribution is 5.76. The van der Waals surface area contributed by atoms with Gasteiger partial charge in [-0.15, -0.1) is 0 Å². The lowest BCUT2D eigenvalue weighted by molar-refractivity contribution is -0.136. The van der Waals surface area contributed by atoms with Crippen LogP contribution in [0, 0.1) is 5.92 Å². The molecule has 0 aromatic rings. The molecule has 0 spiro atoms. The Balaban J connectivity index is 5.04. The number of carbonyl (C=O) groups excluding carboxylic acids is 1. The molecule has 0 unspecified atom stereocenters. The van der Waals surface area contributed by atoms with Gasteiger partial charge in [-0.1, -0.05) is 20.8 Å². The number of nitrogens with zero attached hydrogens (tertiary/aromatic N) is 2. The van der Waals surface area contributed by atoms with Crippen molar-refractivity contribution in [2.24, 2.45) is 5.92 Å². The van der Waals surface area contributed by atoms with Crippen LogP contribution in [-0.4, -0.2) is 45.9 Å². The van der Waals surface area contributed by atoms with Gasteiger partial charge in [0.15, 0.2) is 0 Å². The van der Waals surface area contributed by atoms with E-state index < -0.39 is 0 Å². The Labute approximate surface area is 139 Å². The molecule has 3 heteroatoms. The molecule has 0 aromatic carbocycles. The van der Waals surface area contributed by atoms with E-state index in [-0.39, 0.29) is 17.0 Å². The first kappa shape index (κ1) is 21.4. The van der Waals surface area contributed by atoms with E-state index in [0.29, 0.717) is 18.4 Å². The molecule has 0 heterocycles. The van der Waals surface area contributed by atoms with Crippen molar-refractivity contribution in [2.75, 3.05) is 13.1 Å². The Kier molecular flexibility index (Phi) is 8.11. The molecule has 0 saturated carbocycles. The van der Waals surface area contributed by atoms with Crippen LogP contribution in [0.2, 0.25) is 0 Å². The smallest absolute Gasteiger partial charge is 0.222 e. The summed E-state index contributed by atoms with van der Waals surface area (Å²) in [6.07, 6.45) is 1.58. The third-order valence-corrected chi connectivity index (χ3v) is 4.32. The minimum absolute atomic E-state index is 0.0932. The molecule has 0 rings (SSSR count). The van der Waals surface area contributed by atoms with Crippen molar-refractivity contribution < 1.29 is 4.79 Å². The zero-order valence-electron chi connectivity index (χ0n) is 16.8. The number of hydrogen-bond acceptors (Lipinski definition) is 2. The molecule has 0 atom stereocenters. The van der Waals surface area contributed by atoms with Gasteiger partial charge in [0.2, 0.25) is 5.91 Å². The minimum Gasteiger partial charge on any atom is -0.338 e. The first-order valence-corrected chi connectivity index (χ1v) is 8.90. The summed E-state index contributed by atoms with van der Waals surface area (Å²) in [5.41, 5.74) is -0.0140. The summed E-state index contributed by atoms with van der Waals surface area (Å²) in [4.78, 5) is 16.9. The van der Waals surface area contributed by atoms with Crippen LogP contribution in [0.3, 0.4) is 0 Å². The lowest BCUT2D eigenvalue weighted by Crippen LogP contribution is -2.53. The predicted molar refractivity (Wildman–Crippen MR) is 97.1 cm³/mol. The van der Waals surface area contributed by atoms with Crippen molar-refractivity contribution in [2.45, 2.75) is 99.2 Å². The average Bonchev–Trinajstić information content (AvgIpc) is 2.33. The van der Waals surface area contributed by atoms with Gasteiger partial charge in [0, 0.05) is 36.6 Å². The van der Waals surface area contributed by atoms with Crippen LogP contribution in [0.25, 0.3) is 0 Å². The second-order valence-corrected chi connectivity index (χ2v) is 8.77. The standard InChI is InChI=1S/C19H40N2O/c1-11-17(22)20(18(6,7)8)13-12-19(9,10)21(16(4)5)14-15(2)3/h15-16H,11-14H2,1-10H3. The normalized spacial score (nSPS) is 13.3. The predicted octanol–water partition coefficient (Wildman–Crippen LogP) is 4.56. The van der Waals surface area contributed by atoms with E-state index in [0.717, 1.165) is 19.5 Å². The summed E-state index contributed by atoms with van der Waals surface area (Å²) >= 11 is 0. The molecular weight excluding hydrogens is 272 g/mol. The van der Waals surface area contributed by atoms with Gasteiger partial charge in [0.05, 0.1) is 0 Å². The SMILES string of the molecule is CCC(=O)N(CCC(C)(C)N(CC(C)C)C(C)C)C(C)(C)C. The molecule has 0 saturated heterocycles. The fourth-order valence-corrected chi connectivity index (χ4v) is 3.10. The monoisotopic (exact) mass is 312 g/mol. The maximum Gasteiger partial charge on any atom is 0.222 e. The van der Waals surface area contributed by atoms with Crippen LogP contribution in [0.15, 0.2) is 0 Å². The van der Waals surface area contributed by atoms with Gasteiger partial charge in [0.1, 0.15) is 0 Å². The quantitative estimate of drug-likeness (QED) is 0.656. The molecule has 0 radical (unpaired) electrons. The molecule has 1 amide bonds. The third-order valence-electron chi connectivity index (χ3n) is 4.32. The van der Waals surface area contributed by atoms with Gasteiger partial charge in [-0.3, -0.25) is 9.69 Å². The van der Waals surface area contributed by atoms with Crippen molar-refractivity contribution in [3.63, 3.8) is 0 Å².